The predicted octanol–water partition coefficient (Wildman–Crippen LogP) is 0.915. The van der Waals surface area contributed by atoms with E-state index in [1.165, 1.54) is 0 Å². The van der Waals surface area contributed by atoms with Crippen LogP contribution in [0.25, 0.3) is 0 Å². The van der Waals surface area contributed by atoms with Gasteiger partial charge in [-0.1, -0.05) is 18.2 Å². The Kier molecular flexibility index (Phi) is 1.63. The van der Waals surface area contributed by atoms with Crippen molar-refractivity contribution >= 4 is 11.7 Å². The summed E-state index contributed by atoms with van der Waals surface area (Å²) in [5.41, 5.74) is 0.986. The molecule has 2 rings (SSSR count). The number of hydrogen-bond acceptors (Lipinski definition) is 2. The number of amidine groups is 1. The molecule has 0 aromatic rings. The topological polar surface area (TPSA) is 41.5 Å². The molecule has 0 radical (unpaired) electrons. The van der Waals surface area contributed by atoms with E-state index in [1.807, 2.05) is 24.3 Å². The molecule has 0 saturated heterocycles. The van der Waals surface area contributed by atoms with Gasteiger partial charge < -0.3 is 5.32 Å². The first kappa shape index (κ1) is 7.03. The van der Waals surface area contributed by atoms with Gasteiger partial charge in [-0.15, -0.1) is 0 Å². The molecular formula is C9H8N2O. The smallest absolute Gasteiger partial charge is 0.229 e. The Labute approximate surface area is 70.2 Å². The maximum Gasteiger partial charge on any atom is 0.229 e. The molecule has 0 saturated carbocycles. The molecule has 2 aliphatic heterocycles. The second kappa shape index (κ2) is 2.77. The van der Waals surface area contributed by atoms with Crippen LogP contribution in [0.15, 0.2) is 41.1 Å². The van der Waals surface area contributed by atoms with Crippen molar-refractivity contribution in [2.24, 2.45) is 4.99 Å². The molecule has 1 amide bonds. The summed E-state index contributed by atoms with van der Waals surface area (Å²) in [5.74, 6) is 0.650. The summed E-state index contributed by atoms with van der Waals surface area (Å²) in [7, 11) is 0. The minimum absolute atomic E-state index is 0.00111. The lowest BCUT2D eigenvalue weighted by atomic mass is 10.1. The quantitative estimate of drug-likeness (QED) is 0.562. The molecule has 0 spiro atoms. The van der Waals surface area contributed by atoms with Gasteiger partial charge in [0, 0.05) is 18.2 Å². The molecule has 2 heterocycles. The van der Waals surface area contributed by atoms with E-state index in [4.69, 9.17) is 0 Å². The van der Waals surface area contributed by atoms with Crippen molar-refractivity contribution in [1.29, 1.82) is 0 Å². The van der Waals surface area contributed by atoms with Crippen molar-refractivity contribution in [3.63, 3.8) is 0 Å². The monoisotopic (exact) mass is 160 g/mol. The Bertz CT molecular complexity index is 334. The first-order valence-electron chi connectivity index (χ1n) is 3.78. The fourth-order valence-corrected chi connectivity index (χ4v) is 1.13. The third-order valence-corrected chi connectivity index (χ3v) is 1.72. The number of aliphatic imine (C=N–C) groups is 1. The van der Waals surface area contributed by atoms with Crippen molar-refractivity contribution in [3.8, 4) is 0 Å². The SMILES string of the molecule is O=C1CC=C2C=CC=CN=C2N1. The number of carbonyl (C=O) groups excluding carboxylic acids is 1. The summed E-state index contributed by atoms with van der Waals surface area (Å²) in [6.45, 7) is 0. The Balaban J connectivity index is 2.41. The fraction of sp³-hybridized carbons (Fsp3) is 0.111. The van der Waals surface area contributed by atoms with Gasteiger partial charge >= 0.3 is 0 Å². The van der Waals surface area contributed by atoms with Crippen molar-refractivity contribution in [1.82, 2.24) is 5.32 Å². The van der Waals surface area contributed by atoms with Gasteiger partial charge in [-0.2, -0.15) is 0 Å². The van der Waals surface area contributed by atoms with Gasteiger partial charge in [0.1, 0.15) is 5.84 Å². The summed E-state index contributed by atoms with van der Waals surface area (Å²) in [5, 5.41) is 2.70. The maximum atomic E-state index is 10.9. The average molecular weight is 160 g/mol. The van der Waals surface area contributed by atoms with Gasteiger partial charge in [0.2, 0.25) is 5.91 Å². The molecule has 0 aliphatic carbocycles. The van der Waals surface area contributed by atoms with Crippen LogP contribution >= 0.6 is 0 Å². The van der Waals surface area contributed by atoms with Crippen molar-refractivity contribution in [2.75, 3.05) is 0 Å². The summed E-state index contributed by atoms with van der Waals surface area (Å²) < 4.78 is 0. The van der Waals surface area contributed by atoms with Crippen molar-refractivity contribution in [3.05, 3.63) is 36.1 Å². The lowest BCUT2D eigenvalue weighted by Crippen LogP contribution is -2.34. The van der Waals surface area contributed by atoms with E-state index in [-0.39, 0.29) is 5.91 Å². The van der Waals surface area contributed by atoms with E-state index in [9.17, 15) is 4.79 Å². The van der Waals surface area contributed by atoms with Crippen LogP contribution < -0.4 is 5.32 Å². The Morgan fingerprint density at radius 2 is 2.33 bits per heavy atom. The molecule has 0 bridgehead atoms. The van der Waals surface area contributed by atoms with Crippen molar-refractivity contribution < 1.29 is 4.79 Å². The first-order valence-corrected chi connectivity index (χ1v) is 3.78. The molecular weight excluding hydrogens is 152 g/mol. The van der Waals surface area contributed by atoms with Crippen molar-refractivity contribution in [2.45, 2.75) is 6.42 Å². The Morgan fingerprint density at radius 1 is 1.42 bits per heavy atom. The predicted molar refractivity (Wildman–Crippen MR) is 46.6 cm³/mol. The molecule has 60 valence electrons. The van der Waals surface area contributed by atoms with Gasteiger partial charge in [0.15, 0.2) is 0 Å². The highest BCUT2D eigenvalue weighted by Gasteiger charge is 2.13. The average Bonchev–Trinajstić information content (AvgIpc) is 2.28. The van der Waals surface area contributed by atoms with Crippen LogP contribution in [0.1, 0.15) is 6.42 Å². The number of rotatable bonds is 0. The molecule has 3 heteroatoms. The second-order valence-electron chi connectivity index (χ2n) is 2.59. The molecule has 12 heavy (non-hydrogen) atoms. The number of hydrogen-bond donors (Lipinski definition) is 1. The maximum absolute atomic E-state index is 10.9. The molecule has 1 N–H and O–H groups in total. The van der Waals surface area contributed by atoms with Crippen LogP contribution in [0.2, 0.25) is 0 Å². The zero-order valence-electron chi connectivity index (χ0n) is 6.45. The summed E-state index contributed by atoms with van der Waals surface area (Å²) in [4.78, 5) is 15.0. The van der Waals surface area contributed by atoms with Crippen LogP contribution in [0.5, 0.6) is 0 Å². The van der Waals surface area contributed by atoms with E-state index < -0.39 is 0 Å². The minimum Gasteiger partial charge on any atom is -0.310 e. The summed E-state index contributed by atoms with van der Waals surface area (Å²) >= 11 is 0. The Hall–Kier alpha value is -1.64. The number of amides is 1. The van der Waals surface area contributed by atoms with E-state index in [2.05, 4.69) is 10.3 Å². The summed E-state index contributed by atoms with van der Waals surface area (Å²) in [6.07, 6.45) is 9.65. The third-order valence-electron chi connectivity index (χ3n) is 1.72. The molecule has 0 aromatic carbocycles. The molecule has 3 nitrogen and oxygen atoms in total. The molecule has 0 aromatic heterocycles. The van der Waals surface area contributed by atoms with Crippen LogP contribution in [0.3, 0.4) is 0 Å². The largest absolute Gasteiger partial charge is 0.310 e. The van der Waals surface area contributed by atoms with E-state index in [0.29, 0.717) is 12.3 Å². The van der Waals surface area contributed by atoms with E-state index >= 15 is 0 Å². The van der Waals surface area contributed by atoms with Crippen LogP contribution in [0.4, 0.5) is 0 Å². The van der Waals surface area contributed by atoms with Gasteiger partial charge in [0.25, 0.3) is 0 Å². The van der Waals surface area contributed by atoms with E-state index in [1.54, 1.807) is 6.20 Å². The van der Waals surface area contributed by atoms with Gasteiger partial charge in [-0.3, -0.25) is 4.79 Å². The van der Waals surface area contributed by atoms with Gasteiger partial charge in [0.05, 0.1) is 0 Å². The lowest BCUT2D eigenvalue weighted by molar-refractivity contribution is -0.119. The van der Waals surface area contributed by atoms with Crippen LogP contribution in [-0.2, 0) is 4.79 Å². The van der Waals surface area contributed by atoms with Gasteiger partial charge in [-0.25, -0.2) is 4.99 Å². The lowest BCUT2D eigenvalue weighted by Gasteiger charge is -2.12. The summed E-state index contributed by atoms with van der Waals surface area (Å²) in [6, 6.07) is 0. The Morgan fingerprint density at radius 3 is 3.25 bits per heavy atom. The first-order chi connectivity index (χ1) is 5.86. The van der Waals surface area contributed by atoms with Gasteiger partial charge in [-0.05, 0) is 6.08 Å². The van der Waals surface area contributed by atoms with Crippen LogP contribution in [0, 0.1) is 0 Å². The molecule has 2 aliphatic rings. The number of carbonyl (C=O) groups is 1. The number of nitrogens with one attached hydrogen (secondary N) is 1. The highest BCUT2D eigenvalue weighted by Crippen LogP contribution is 2.09. The minimum atomic E-state index is 0.00111. The van der Waals surface area contributed by atoms with E-state index in [0.717, 1.165) is 5.57 Å². The number of nitrogens with zero attached hydrogens (tertiary/aromatic N) is 1. The highest BCUT2D eigenvalue weighted by molar-refractivity contribution is 6.12. The second-order valence-corrected chi connectivity index (χ2v) is 2.59. The number of allylic oxidation sites excluding steroid dienone is 2. The molecule has 0 atom stereocenters. The highest BCUT2D eigenvalue weighted by atomic mass is 16.1. The molecule has 0 fully saturated rings. The standard InChI is InChI=1S/C9H8N2O/c12-8-5-4-7-3-1-2-6-10-9(7)11-8/h1-4,6H,5H2,(H,10,11,12). The number of fused-ring (bicyclic) bond motifs is 1. The molecule has 0 unspecified atom stereocenters. The van der Waals surface area contributed by atoms with Crippen LogP contribution in [-0.4, -0.2) is 11.7 Å². The normalized spacial score (nSPS) is 20.5. The fourth-order valence-electron chi connectivity index (χ4n) is 1.13. The zero-order chi connectivity index (χ0) is 8.39. The zero-order valence-corrected chi connectivity index (χ0v) is 6.45. The third kappa shape index (κ3) is 1.21.